The Morgan fingerprint density at radius 2 is 2.05 bits per heavy atom. The van der Waals surface area contributed by atoms with Crippen LogP contribution in [0.1, 0.15) is 18.3 Å². The zero-order valence-corrected chi connectivity index (χ0v) is 12.5. The van der Waals surface area contributed by atoms with Gasteiger partial charge in [0, 0.05) is 25.5 Å². The molecule has 0 amide bonds. The minimum Gasteiger partial charge on any atom is -0.497 e. The minimum absolute atomic E-state index is 0.571. The summed E-state index contributed by atoms with van der Waals surface area (Å²) in [5.41, 5.74) is 1.27. The molecule has 20 heavy (non-hydrogen) atoms. The van der Waals surface area contributed by atoms with Crippen molar-refractivity contribution in [2.24, 2.45) is 5.92 Å². The summed E-state index contributed by atoms with van der Waals surface area (Å²) in [5.74, 6) is 2.55. The third kappa shape index (κ3) is 4.10. The average Bonchev–Trinajstić information content (AvgIpc) is 2.85. The highest BCUT2D eigenvalue weighted by molar-refractivity contribution is 5.26. The molecule has 1 N–H and O–H groups in total. The Kier molecular flexibility index (Phi) is 5.18. The second-order valence-electron chi connectivity index (χ2n) is 5.21. The first-order valence-electron chi connectivity index (χ1n) is 7.00. The van der Waals surface area contributed by atoms with Gasteiger partial charge < -0.3 is 14.6 Å². The van der Waals surface area contributed by atoms with Crippen LogP contribution in [0.5, 0.6) is 5.75 Å². The van der Waals surface area contributed by atoms with Crippen molar-refractivity contribution < 1.29 is 4.74 Å². The first-order chi connectivity index (χ1) is 9.69. The predicted molar refractivity (Wildman–Crippen MR) is 80.8 cm³/mol. The quantitative estimate of drug-likeness (QED) is 0.843. The number of hydrogen-bond acceptors (Lipinski definition) is 3. The van der Waals surface area contributed by atoms with E-state index >= 15 is 0 Å². The van der Waals surface area contributed by atoms with Gasteiger partial charge in [0.2, 0.25) is 0 Å². The molecule has 0 saturated heterocycles. The first-order valence-corrected chi connectivity index (χ1v) is 7.00. The molecule has 0 aliphatic carbocycles. The number of nitrogens with zero attached hydrogens (tertiary/aromatic N) is 2. The molecular weight excluding hydrogens is 250 g/mol. The maximum Gasteiger partial charge on any atom is 0.118 e. The Morgan fingerprint density at radius 1 is 1.30 bits per heavy atom. The molecule has 0 aliphatic rings. The number of rotatable bonds is 7. The molecule has 1 unspecified atom stereocenters. The van der Waals surface area contributed by atoms with Gasteiger partial charge in [-0.2, -0.15) is 0 Å². The van der Waals surface area contributed by atoms with Crippen LogP contribution in [0.25, 0.3) is 0 Å². The number of ether oxygens (including phenoxy) is 1. The third-order valence-electron chi connectivity index (χ3n) is 3.41. The Hall–Kier alpha value is -1.81. The van der Waals surface area contributed by atoms with E-state index < -0.39 is 0 Å². The lowest BCUT2D eigenvalue weighted by molar-refractivity contribution is 0.414. The minimum atomic E-state index is 0.571. The third-order valence-corrected chi connectivity index (χ3v) is 3.41. The predicted octanol–water partition coefficient (Wildman–Crippen LogP) is 2.63. The molecule has 0 radical (unpaired) electrons. The number of benzene rings is 1. The highest BCUT2D eigenvalue weighted by atomic mass is 16.5. The fourth-order valence-electron chi connectivity index (χ4n) is 2.20. The Bertz CT molecular complexity index is 519. The van der Waals surface area contributed by atoms with Crippen molar-refractivity contribution in [1.29, 1.82) is 0 Å². The molecule has 2 aromatic rings. The fraction of sp³-hybridized carbons (Fsp3) is 0.438. The SMILES string of the molecule is COc1ccc(CNCC(C)Cn2ccnc2C)cc1. The Balaban J connectivity index is 1.73. The van der Waals surface area contributed by atoms with Gasteiger partial charge in [-0.05, 0) is 37.1 Å². The van der Waals surface area contributed by atoms with Crippen LogP contribution in [-0.2, 0) is 13.1 Å². The van der Waals surface area contributed by atoms with Gasteiger partial charge in [0.25, 0.3) is 0 Å². The van der Waals surface area contributed by atoms with Crippen LogP contribution in [0.3, 0.4) is 0 Å². The summed E-state index contributed by atoms with van der Waals surface area (Å²) >= 11 is 0. The van der Waals surface area contributed by atoms with Gasteiger partial charge in [0.1, 0.15) is 11.6 Å². The van der Waals surface area contributed by atoms with Crippen LogP contribution in [0.4, 0.5) is 0 Å². The van der Waals surface area contributed by atoms with Crippen molar-refractivity contribution in [3.8, 4) is 5.75 Å². The van der Waals surface area contributed by atoms with E-state index in [0.717, 1.165) is 31.2 Å². The number of aromatic nitrogens is 2. The van der Waals surface area contributed by atoms with E-state index in [4.69, 9.17) is 4.74 Å². The van der Waals surface area contributed by atoms with Crippen molar-refractivity contribution in [2.75, 3.05) is 13.7 Å². The van der Waals surface area contributed by atoms with E-state index in [1.807, 2.05) is 31.5 Å². The van der Waals surface area contributed by atoms with Gasteiger partial charge in [0.15, 0.2) is 0 Å². The van der Waals surface area contributed by atoms with E-state index in [2.05, 4.69) is 33.9 Å². The normalized spacial score (nSPS) is 12.3. The molecule has 0 saturated carbocycles. The van der Waals surface area contributed by atoms with E-state index in [9.17, 15) is 0 Å². The molecule has 0 fully saturated rings. The molecule has 1 aromatic heterocycles. The largest absolute Gasteiger partial charge is 0.497 e. The topological polar surface area (TPSA) is 39.1 Å². The van der Waals surface area contributed by atoms with E-state index in [1.54, 1.807) is 7.11 Å². The second kappa shape index (κ2) is 7.10. The van der Waals surface area contributed by atoms with Gasteiger partial charge in [-0.25, -0.2) is 4.98 Å². The molecule has 1 heterocycles. The number of methoxy groups -OCH3 is 1. The molecule has 0 bridgehead atoms. The lowest BCUT2D eigenvalue weighted by atomic mass is 10.1. The van der Waals surface area contributed by atoms with Gasteiger partial charge in [-0.15, -0.1) is 0 Å². The fourth-order valence-corrected chi connectivity index (χ4v) is 2.20. The van der Waals surface area contributed by atoms with E-state index in [-0.39, 0.29) is 0 Å². The van der Waals surface area contributed by atoms with E-state index in [1.165, 1.54) is 5.56 Å². The number of hydrogen-bond donors (Lipinski definition) is 1. The molecule has 108 valence electrons. The van der Waals surface area contributed by atoms with Gasteiger partial charge in [0.05, 0.1) is 7.11 Å². The van der Waals surface area contributed by atoms with Crippen LogP contribution in [-0.4, -0.2) is 23.2 Å². The number of imidazole rings is 1. The summed E-state index contributed by atoms with van der Waals surface area (Å²) in [5, 5.41) is 3.50. The Labute approximate surface area is 120 Å². The number of nitrogens with one attached hydrogen (secondary N) is 1. The van der Waals surface area contributed by atoms with Crippen LogP contribution >= 0.6 is 0 Å². The van der Waals surface area contributed by atoms with Crippen LogP contribution in [0, 0.1) is 12.8 Å². The molecule has 4 nitrogen and oxygen atoms in total. The van der Waals surface area contributed by atoms with Crippen molar-refractivity contribution in [1.82, 2.24) is 14.9 Å². The lowest BCUT2D eigenvalue weighted by Crippen LogP contribution is -2.24. The van der Waals surface area contributed by atoms with Gasteiger partial charge in [-0.3, -0.25) is 0 Å². The maximum atomic E-state index is 5.15. The number of aryl methyl sites for hydroxylation is 1. The molecule has 1 atom stereocenters. The molecule has 0 aliphatic heterocycles. The summed E-state index contributed by atoms with van der Waals surface area (Å²) in [7, 11) is 1.69. The summed E-state index contributed by atoms with van der Waals surface area (Å²) in [6.07, 6.45) is 3.89. The van der Waals surface area contributed by atoms with Crippen LogP contribution < -0.4 is 10.1 Å². The molecule has 4 heteroatoms. The van der Waals surface area contributed by atoms with Crippen LogP contribution in [0.2, 0.25) is 0 Å². The van der Waals surface area contributed by atoms with Crippen molar-refractivity contribution in [3.05, 3.63) is 48.0 Å². The lowest BCUT2D eigenvalue weighted by Gasteiger charge is -2.14. The van der Waals surface area contributed by atoms with Gasteiger partial charge in [-0.1, -0.05) is 19.1 Å². The first kappa shape index (κ1) is 14.6. The van der Waals surface area contributed by atoms with Crippen molar-refractivity contribution in [2.45, 2.75) is 26.9 Å². The second-order valence-corrected chi connectivity index (χ2v) is 5.21. The summed E-state index contributed by atoms with van der Waals surface area (Å²) in [6.45, 7) is 7.17. The van der Waals surface area contributed by atoms with Crippen molar-refractivity contribution in [3.63, 3.8) is 0 Å². The summed E-state index contributed by atoms with van der Waals surface area (Å²) in [6, 6.07) is 8.18. The molecular formula is C16H23N3O. The summed E-state index contributed by atoms with van der Waals surface area (Å²) in [4.78, 5) is 4.24. The highest BCUT2D eigenvalue weighted by Gasteiger charge is 2.05. The smallest absolute Gasteiger partial charge is 0.118 e. The standard InChI is InChI=1S/C16H23N3O/c1-13(12-19-9-8-18-14(19)2)10-17-11-15-4-6-16(20-3)7-5-15/h4-9,13,17H,10-12H2,1-3H3. The average molecular weight is 273 g/mol. The van der Waals surface area contributed by atoms with Crippen LogP contribution in [0.15, 0.2) is 36.7 Å². The van der Waals surface area contributed by atoms with E-state index in [0.29, 0.717) is 5.92 Å². The molecule has 0 spiro atoms. The molecule has 1 aromatic carbocycles. The highest BCUT2D eigenvalue weighted by Crippen LogP contribution is 2.11. The zero-order chi connectivity index (χ0) is 14.4. The summed E-state index contributed by atoms with van der Waals surface area (Å²) < 4.78 is 7.35. The van der Waals surface area contributed by atoms with Crippen molar-refractivity contribution >= 4 is 0 Å². The monoisotopic (exact) mass is 273 g/mol. The Morgan fingerprint density at radius 3 is 2.65 bits per heavy atom. The zero-order valence-electron chi connectivity index (χ0n) is 12.5. The maximum absolute atomic E-state index is 5.15. The molecule has 2 rings (SSSR count). The van der Waals surface area contributed by atoms with Gasteiger partial charge >= 0.3 is 0 Å².